The first kappa shape index (κ1) is 19.5. The number of carbonyl (C=O) groups excluding carboxylic acids is 2. The molecule has 1 aliphatic heterocycles. The number of amidine groups is 1. The molecule has 7 heteroatoms. The zero-order valence-electron chi connectivity index (χ0n) is 16.2. The largest absolute Gasteiger partial charge is 0.447 e. The van der Waals surface area contributed by atoms with Gasteiger partial charge in [-0.15, -0.1) is 0 Å². The van der Waals surface area contributed by atoms with E-state index >= 15 is 0 Å². The van der Waals surface area contributed by atoms with Crippen LogP contribution in [0.4, 0.5) is 4.79 Å². The van der Waals surface area contributed by atoms with Gasteiger partial charge in [0.15, 0.2) is 0 Å². The molecule has 0 unspecified atom stereocenters. The molecule has 0 fully saturated rings. The summed E-state index contributed by atoms with van der Waals surface area (Å²) in [6, 6.07) is 11.6. The molecule has 0 spiro atoms. The highest BCUT2D eigenvalue weighted by Crippen LogP contribution is 2.19. The summed E-state index contributed by atoms with van der Waals surface area (Å²) in [6.07, 6.45) is 1.07. The van der Waals surface area contributed by atoms with E-state index < -0.39 is 6.09 Å². The average molecular weight is 380 g/mol. The SMILES string of the molecule is CC(C)OC(=O)NC1=NCc2cc(CC(=O)N[C@H](C)c3ccccc3)ncc21. The van der Waals surface area contributed by atoms with Crippen molar-refractivity contribution in [3.05, 3.63) is 65.0 Å². The Morgan fingerprint density at radius 1 is 1.18 bits per heavy atom. The van der Waals surface area contributed by atoms with E-state index in [-0.39, 0.29) is 24.5 Å². The molecule has 2 aromatic rings. The average Bonchev–Trinajstić information content (AvgIpc) is 3.03. The number of ether oxygens (including phenoxy) is 1. The molecule has 1 atom stereocenters. The number of rotatable bonds is 5. The second-order valence-electron chi connectivity index (χ2n) is 6.95. The van der Waals surface area contributed by atoms with E-state index in [2.05, 4.69) is 20.6 Å². The van der Waals surface area contributed by atoms with E-state index in [0.717, 1.165) is 16.7 Å². The van der Waals surface area contributed by atoms with Crippen molar-refractivity contribution in [1.29, 1.82) is 0 Å². The number of hydrogen-bond acceptors (Lipinski definition) is 5. The number of amides is 2. The number of pyridine rings is 1. The van der Waals surface area contributed by atoms with Gasteiger partial charge in [0, 0.05) is 11.8 Å². The minimum absolute atomic E-state index is 0.0748. The molecule has 0 saturated heterocycles. The van der Waals surface area contributed by atoms with Gasteiger partial charge in [0.25, 0.3) is 0 Å². The topological polar surface area (TPSA) is 92.7 Å². The normalized spacial score (nSPS) is 13.5. The Balaban J connectivity index is 1.59. The van der Waals surface area contributed by atoms with Crippen LogP contribution in [0, 0.1) is 0 Å². The van der Waals surface area contributed by atoms with E-state index in [1.165, 1.54) is 0 Å². The predicted octanol–water partition coefficient (Wildman–Crippen LogP) is 2.90. The van der Waals surface area contributed by atoms with Gasteiger partial charge in [0.1, 0.15) is 5.84 Å². The maximum Gasteiger partial charge on any atom is 0.413 e. The number of alkyl carbamates (subject to hydrolysis) is 1. The number of aliphatic imine (C=N–C) groups is 1. The smallest absolute Gasteiger partial charge is 0.413 e. The highest BCUT2D eigenvalue weighted by Gasteiger charge is 2.20. The number of nitrogens with one attached hydrogen (secondary N) is 2. The van der Waals surface area contributed by atoms with E-state index in [1.807, 2.05) is 43.3 Å². The van der Waals surface area contributed by atoms with Gasteiger partial charge in [-0.2, -0.15) is 0 Å². The fourth-order valence-corrected chi connectivity index (χ4v) is 2.97. The summed E-state index contributed by atoms with van der Waals surface area (Å²) in [4.78, 5) is 32.8. The van der Waals surface area contributed by atoms with Crippen molar-refractivity contribution in [2.45, 2.75) is 45.9 Å². The number of fused-ring (bicyclic) bond motifs is 1. The fourth-order valence-electron chi connectivity index (χ4n) is 2.97. The van der Waals surface area contributed by atoms with Gasteiger partial charge >= 0.3 is 6.09 Å². The number of hydrogen-bond donors (Lipinski definition) is 2. The second-order valence-corrected chi connectivity index (χ2v) is 6.95. The number of carbonyl (C=O) groups is 2. The lowest BCUT2D eigenvalue weighted by Gasteiger charge is -2.14. The summed E-state index contributed by atoms with van der Waals surface area (Å²) in [5, 5.41) is 5.62. The van der Waals surface area contributed by atoms with Crippen LogP contribution >= 0.6 is 0 Å². The fraction of sp³-hybridized carbons (Fsp3) is 0.333. The quantitative estimate of drug-likeness (QED) is 0.834. The van der Waals surface area contributed by atoms with Crippen LogP contribution in [0.25, 0.3) is 0 Å². The van der Waals surface area contributed by atoms with Crippen molar-refractivity contribution < 1.29 is 14.3 Å². The Kier molecular flexibility index (Phi) is 6.03. The maximum absolute atomic E-state index is 12.4. The zero-order chi connectivity index (χ0) is 20.1. The van der Waals surface area contributed by atoms with Crippen LogP contribution in [-0.4, -0.2) is 28.9 Å². The van der Waals surface area contributed by atoms with E-state index in [1.54, 1.807) is 20.0 Å². The summed E-state index contributed by atoms with van der Waals surface area (Å²) in [5.74, 6) is 0.350. The van der Waals surface area contributed by atoms with Crippen LogP contribution in [0.3, 0.4) is 0 Å². The molecule has 0 aliphatic carbocycles. The minimum Gasteiger partial charge on any atom is -0.447 e. The van der Waals surface area contributed by atoms with Crippen molar-refractivity contribution in [2.24, 2.45) is 4.99 Å². The Morgan fingerprint density at radius 3 is 2.64 bits per heavy atom. The van der Waals surface area contributed by atoms with Gasteiger partial charge in [-0.3, -0.25) is 20.1 Å². The Labute approximate surface area is 164 Å². The molecule has 0 radical (unpaired) electrons. The van der Waals surface area contributed by atoms with E-state index in [9.17, 15) is 9.59 Å². The highest BCUT2D eigenvalue weighted by molar-refractivity contribution is 6.08. The van der Waals surface area contributed by atoms with Crippen molar-refractivity contribution in [2.75, 3.05) is 0 Å². The molecule has 3 rings (SSSR count). The molecule has 7 nitrogen and oxygen atoms in total. The van der Waals surface area contributed by atoms with Crippen molar-refractivity contribution in [3.8, 4) is 0 Å². The first-order valence-corrected chi connectivity index (χ1v) is 9.27. The summed E-state index contributed by atoms with van der Waals surface area (Å²) in [6.45, 7) is 5.94. The number of aromatic nitrogens is 1. The molecular formula is C21H24N4O3. The monoisotopic (exact) mass is 380 g/mol. The third kappa shape index (κ3) is 4.94. The third-order valence-electron chi connectivity index (χ3n) is 4.29. The molecule has 146 valence electrons. The molecule has 0 saturated carbocycles. The first-order valence-electron chi connectivity index (χ1n) is 9.27. The van der Waals surface area contributed by atoms with E-state index in [0.29, 0.717) is 18.1 Å². The molecule has 1 aromatic heterocycles. The first-order chi connectivity index (χ1) is 13.4. The second kappa shape index (κ2) is 8.65. The zero-order valence-corrected chi connectivity index (χ0v) is 16.2. The Bertz CT molecular complexity index is 894. The van der Waals surface area contributed by atoms with Gasteiger partial charge in [-0.05, 0) is 38.0 Å². The van der Waals surface area contributed by atoms with Crippen LogP contribution in [0.15, 0.2) is 47.6 Å². The van der Waals surface area contributed by atoms with Crippen molar-refractivity contribution in [1.82, 2.24) is 15.6 Å². The van der Waals surface area contributed by atoms with Crippen LogP contribution in [0.1, 0.15) is 49.2 Å². The molecule has 28 heavy (non-hydrogen) atoms. The third-order valence-corrected chi connectivity index (χ3v) is 4.29. The summed E-state index contributed by atoms with van der Waals surface area (Å²) >= 11 is 0. The molecule has 1 aromatic carbocycles. The van der Waals surface area contributed by atoms with Crippen LogP contribution in [0.5, 0.6) is 0 Å². The van der Waals surface area contributed by atoms with Crippen LogP contribution < -0.4 is 10.6 Å². The molecular weight excluding hydrogens is 356 g/mol. The van der Waals surface area contributed by atoms with Crippen LogP contribution in [-0.2, 0) is 22.5 Å². The van der Waals surface area contributed by atoms with E-state index in [4.69, 9.17) is 4.74 Å². The van der Waals surface area contributed by atoms with Gasteiger partial charge in [0.05, 0.1) is 30.8 Å². The standard InChI is InChI=1S/C21H24N4O3/c1-13(2)28-21(27)25-20-18-12-22-17(9-16(18)11-23-20)10-19(26)24-14(3)15-7-5-4-6-8-15/h4-9,12-14H,10-11H2,1-3H3,(H,24,26)(H,23,25,27)/t14-/m1/s1. The number of nitrogens with zero attached hydrogens (tertiary/aromatic N) is 2. The number of benzene rings is 1. The molecule has 0 bridgehead atoms. The van der Waals surface area contributed by atoms with Crippen molar-refractivity contribution in [3.63, 3.8) is 0 Å². The summed E-state index contributed by atoms with van der Waals surface area (Å²) in [5.41, 5.74) is 3.39. The highest BCUT2D eigenvalue weighted by atomic mass is 16.6. The van der Waals surface area contributed by atoms with Gasteiger partial charge < -0.3 is 10.1 Å². The Hall–Kier alpha value is -3.22. The lowest BCUT2D eigenvalue weighted by atomic mass is 10.1. The molecule has 2 N–H and O–H groups in total. The minimum atomic E-state index is -0.542. The lowest BCUT2D eigenvalue weighted by Crippen LogP contribution is -2.32. The summed E-state index contributed by atoms with van der Waals surface area (Å²) < 4.78 is 5.07. The summed E-state index contributed by atoms with van der Waals surface area (Å²) in [7, 11) is 0. The lowest BCUT2D eigenvalue weighted by molar-refractivity contribution is -0.121. The Morgan fingerprint density at radius 2 is 1.93 bits per heavy atom. The maximum atomic E-state index is 12.4. The van der Waals surface area contributed by atoms with Gasteiger partial charge in [0.2, 0.25) is 5.91 Å². The molecule has 2 heterocycles. The van der Waals surface area contributed by atoms with Gasteiger partial charge in [-0.1, -0.05) is 30.3 Å². The van der Waals surface area contributed by atoms with Crippen molar-refractivity contribution >= 4 is 17.8 Å². The van der Waals surface area contributed by atoms with Gasteiger partial charge in [-0.25, -0.2) is 4.79 Å². The van der Waals surface area contributed by atoms with Crippen LogP contribution in [0.2, 0.25) is 0 Å². The predicted molar refractivity (Wildman–Crippen MR) is 106 cm³/mol. The molecule has 1 aliphatic rings. The molecule has 2 amide bonds.